The van der Waals surface area contributed by atoms with Gasteiger partial charge in [-0.2, -0.15) is 18.3 Å². The number of fused-ring (bicyclic) bond motifs is 1. The molecule has 0 radical (unpaired) electrons. The quantitative estimate of drug-likeness (QED) is 0.623. The molecule has 4 rings (SSSR count). The highest BCUT2D eigenvalue weighted by Gasteiger charge is 2.30. The molecule has 0 amide bonds. The molecule has 1 N–H and O–H groups in total. The van der Waals surface area contributed by atoms with Gasteiger partial charge < -0.3 is 5.32 Å². The minimum Gasteiger partial charge on any atom is -0.370 e. The summed E-state index contributed by atoms with van der Waals surface area (Å²) in [5.74, 6) is 0.892. The van der Waals surface area contributed by atoms with Crippen LogP contribution in [0.5, 0.6) is 0 Å². The first-order valence-corrected chi connectivity index (χ1v) is 9.40. The van der Waals surface area contributed by atoms with Gasteiger partial charge in [-0.15, -0.1) is 11.3 Å². The third-order valence-corrected chi connectivity index (χ3v) is 5.59. The van der Waals surface area contributed by atoms with Crippen molar-refractivity contribution in [2.24, 2.45) is 0 Å². The molecule has 0 bridgehead atoms. The van der Waals surface area contributed by atoms with Crippen molar-refractivity contribution in [3.8, 4) is 16.3 Å². The Hall–Kier alpha value is -2.28. The van der Waals surface area contributed by atoms with E-state index in [0.29, 0.717) is 5.69 Å². The van der Waals surface area contributed by atoms with Crippen molar-refractivity contribution in [2.45, 2.75) is 32.4 Å². The van der Waals surface area contributed by atoms with Crippen molar-refractivity contribution in [3.63, 3.8) is 0 Å². The van der Waals surface area contributed by atoms with E-state index in [0.717, 1.165) is 59.9 Å². The second-order valence-electron chi connectivity index (χ2n) is 6.50. The number of anilines is 1. The molecule has 0 atom stereocenters. The number of alkyl halides is 3. The molecule has 0 unspecified atom stereocenters. The number of aryl methyl sites for hydroxylation is 1. The van der Waals surface area contributed by atoms with Crippen LogP contribution in [-0.4, -0.2) is 16.3 Å². The number of thiophene rings is 1. The van der Waals surface area contributed by atoms with Crippen molar-refractivity contribution in [1.29, 1.82) is 0 Å². The molecular formula is C19H18F3N3S. The highest BCUT2D eigenvalue weighted by atomic mass is 32.1. The Morgan fingerprint density at radius 3 is 2.58 bits per heavy atom. The van der Waals surface area contributed by atoms with Crippen LogP contribution < -0.4 is 5.32 Å². The SMILES string of the molecule is Cc1csc(-c2nn(-c3ccc(C(F)(F)F)cc3)c3c2CCCCN3)c1. The van der Waals surface area contributed by atoms with E-state index in [4.69, 9.17) is 5.10 Å². The fraction of sp³-hybridized carbons (Fsp3) is 0.316. The summed E-state index contributed by atoms with van der Waals surface area (Å²) in [6.07, 6.45) is -1.30. The normalized spacial score (nSPS) is 14.6. The largest absolute Gasteiger partial charge is 0.416 e. The van der Waals surface area contributed by atoms with Crippen LogP contribution in [0.15, 0.2) is 35.7 Å². The molecule has 0 spiro atoms. The summed E-state index contributed by atoms with van der Waals surface area (Å²) >= 11 is 1.64. The third-order valence-electron chi connectivity index (χ3n) is 4.53. The summed E-state index contributed by atoms with van der Waals surface area (Å²) in [5, 5.41) is 10.3. The van der Waals surface area contributed by atoms with Gasteiger partial charge in [-0.3, -0.25) is 0 Å². The standard InChI is InChI=1S/C19H18F3N3S/c1-12-10-16(26-11-12)17-15-4-2-3-9-23-18(15)25(24-17)14-7-5-13(6-8-14)19(20,21)22/h5-8,10-11,23H,2-4,9H2,1H3. The van der Waals surface area contributed by atoms with E-state index in [9.17, 15) is 13.2 Å². The van der Waals surface area contributed by atoms with Crippen LogP contribution in [0, 0.1) is 6.92 Å². The lowest BCUT2D eigenvalue weighted by molar-refractivity contribution is -0.137. The average Bonchev–Trinajstić information content (AvgIpc) is 3.10. The summed E-state index contributed by atoms with van der Waals surface area (Å²) in [5.41, 5.74) is 3.23. The Bertz CT molecular complexity index is 923. The first-order chi connectivity index (χ1) is 12.4. The summed E-state index contributed by atoms with van der Waals surface area (Å²) in [6.45, 7) is 2.88. The van der Waals surface area contributed by atoms with Gasteiger partial charge in [-0.25, -0.2) is 4.68 Å². The maximum Gasteiger partial charge on any atom is 0.416 e. The van der Waals surface area contributed by atoms with Gasteiger partial charge in [0.1, 0.15) is 11.5 Å². The maximum atomic E-state index is 12.8. The molecule has 3 nitrogen and oxygen atoms in total. The number of aromatic nitrogens is 2. The minimum atomic E-state index is -4.34. The third kappa shape index (κ3) is 3.11. The van der Waals surface area contributed by atoms with Gasteiger partial charge in [0.2, 0.25) is 0 Å². The molecule has 0 fully saturated rings. The number of nitrogens with zero attached hydrogens (tertiary/aromatic N) is 2. The molecule has 0 saturated heterocycles. The molecule has 2 aromatic heterocycles. The van der Waals surface area contributed by atoms with E-state index < -0.39 is 11.7 Å². The topological polar surface area (TPSA) is 29.9 Å². The maximum absolute atomic E-state index is 12.8. The van der Waals surface area contributed by atoms with Gasteiger partial charge in [0.05, 0.1) is 16.1 Å². The Balaban J connectivity index is 1.82. The lowest BCUT2D eigenvalue weighted by Gasteiger charge is -2.11. The second-order valence-corrected chi connectivity index (χ2v) is 7.42. The average molecular weight is 377 g/mol. The van der Waals surface area contributed by atoms with Crippen LogP contribution in [0.3, 0.4) is 0 Å². The molecule has 1 aliphatic rings. The first-order valence-electron chi connectivity index (χ1n) is 8.52. The molecule has 7 heteroatoms. The van der Waals surface area contributed by atoms with Crippen molar-refractivity contribution < 1.29 is 13.2 Å². The Labute approximate surface area is 153 Å². The van der Waals surface area contributed by atoms with E-state index in [1.807, 2.05) is 6.92 Å². The number of hydrogen-bond acceptors (Lipinski definition) is 3. The highest BCUT2D eigenvalue weighted by Crippen LogP contribution is 2.37. The second kappa shape index (κ2) is 6.46. The Kier molecular flexibility index (Phi) is 4.26. The fourth-order valence-corrected chi connectivity index (χ4v) is 4.14. The van der Waals surface area contributed by atoms with Crippen LogP contribution >= 0.6 is 11.3 Å². The van der Waals surface area contributed by atoms with Gasteiger partial charge in [-0.05, 0) is 67.5 Å². The van der Waals surface area contributed by atoms with Crippen LogP contribution in [0.2, 0.25) is 0 Å². The monoisotopic (exact) mass is 377 g/mol. The predicted molar refractivity (Wildman–Crippen MR) is 98.0 cm³/mol. The Morgan fingerprint density at radius 1 is 1.15 bits per heavy atom. The van der Waals surface area contributed by atoms with Gasteiger partial charge in [0, 0.05) is 12.1 Å². The van der Waals surface area contributed by atoms with E-state index >= 15 is 0 Å². The van der Waals surface area contributed by atoms with Crippen LogP contribution in [0.4, 0.5) is 19.0 Å². The molecule has 0 aliphatic carbocycles. The van der Waals surface area contributed by atoms with Crippen molar-refractivity contribution >= 4 is 17.2 Å². The number of rotatable bonds is 2. The lowest BCUT2D eigenvalue weighted by atomic mass is 10.1. The van der Waals surface area contributed by atoms with E-state index in [1.54, 1.807) is 16.0 Å². The van der Waals surface area contributed by atoms with Crippen LogP contribution in [0.1, 0.15) is 29.5 Å². The van der Waals surface area contributed by atoms with E-state index in [-0.39, 0.29) is 0 Å². The lowest BCUT2D eigenvalue weighted by Crippen LogP contribution is -2.08. The van der Waals surface area contributed by atoms with Crippen molar-refractivity contribution in [1.82, 2.24) is 9.78 Å². The fourth-order valence-electron chi connectivity index (χ4n) is 3.23. The number of benzene rings is 1. The molecule has 1 aromatic carbocycles. The summed E-state index contributed by atoms with van der Waals surface area (Å²) in [6, 6.07) is 7.28. The summed E-state index contributed by atoms with van der Waals surface area (Å²) < 4.78 is 40.3. The van der Waals surface area contributed by atoms with Gasteiger partial charge in [0.25, 0.3) is 0 Å². The predicted octanol–water partition coefficient (Wildman–Crippen LogP) is 5.68. The number of halogens is 3. The minimum absolute atomic E-state index is 0.628. The zero-order valence-corrected chi connectivity index (χ0v) is 15.0. The smallest absolute Gasteiger partial charge is 0.370 e. The highest BCUT2D eigenvalue weighted by molar-refractivity contribution is 7.13. The molecule has 3 aromatic rings. The van der Waals surface area contributed by atoms with Crippen LogP contribution in [-0.2, 0) is 12.6 Å². The first kappa shape index (κ1) is 17.1. The van der Waals surface area contributed by atoms with Crippen molar-refractivity contribution in [2.75, 3.05) is 11.9 Å². The molecular weight excluding hydrogens is 359 g/mol. The summed E-state index contributed by atoms with van der Waals surface area (Å²) in [7, 11) is 0. The van der Waals surface area contributed by atoms with Gasteiger partial charge in [0.15, 0.2) is 0 Å². The van der Waals surface area contributed by atoms with E-state index in [2.05, 4.69) is 16.8 Å². The molecule has 3 heterocycles. The number of hydrogen-bond donors (Lipinski definition) is 1. The van der Waals surface area contributed by atoms with E-state index in [1.165, 1.54) is 17.7 Å². The van der Waals surface area contributed by atoms with Gasteiger partial charge in [-0.1, -0.05) is 0 Å². The zero-order valence-electron chi connectivity index (χ0n) is 14.2. The molecule has 1 aliphatic heterocycles. The molecule has 136 valence electrons. The summed E-state index contributed by atoms with van der Waals surface area (Å²) in [4.78, 5) is 1.09. The van der Waals surface area contributed by atoms with Gasteiger partial charge >= 0.3 is 6.18 Å². The molecule has 0 saturated carbocycles. The number of nitrogens with one attached hydrogen (secondary N) is 1. The zero-order chi connectivity index (χ0) is 18.3. The Morgan fingerprint density at radius 2 is 1.92 bits per heavy atom. The molecule has 26 heavy (non-hydrogen) atoms. The van der Waals surface area contributed by atoms with Crippen LogP contribution in [0.25, 0.3) is 16.3 Å². The van der Waals surface area contributed by atoms with Crippen molar-refractivity contribution in [3.05, 3.63) is 52.4 Å².